The molecule has 1 fully saturated rings. The van der Waals surface area contributed by atoms with Crippen molar-refractivity contribution >= 4 is 29.9 Å². The molecule has 0 radical (unpaired) electrons. The number of piperazine rings is 1. The molecular weight excluding hydrogens is 433 g/mol. The molecule has 0 atom stereocenters. The summed E-state index contributed by atoms with van der Waals surface area (Å²) in [6, 6.07) is 3.83. The Labute approximate surface area is 164 Å². The SMILES string of the molecule is CN=C(NCc1ccnc(C)n1)N1CCN(Cc2ccon2)CC1.I. The van der Waals surface area contributed by atoms with Gasteiger partial charge in [-0.2, -0.15) is 0 Å². The molecule has 3 rings (SSSR count). The number of aliphatic imine (C=N–C) groups is 1. The van der Waals surface area contributed by atoms with Gasteiger partial charge in [0.05, 0.1) is 17.9 Å². The van der Waals surface area contributed by atoms with Crippen LogP contribution in [-0.2, 0) is 13.1 Å². The fraction of sp³-hybridized carbons (Fsp3) is 0.500. The minimum absolute atomic E-state index is 0. The van der Waals surface area contributed by atoms with Crippen molar-refractivity contribution in [1.29, 1.82) is 0 Å². The Bertz CT molecular complexity index is 669. The van der Waals surface area contributed by atoms with Crippen LogP contribution >= 0.6 is 24.0 Å². The Morgan fingerprint density at radius 2 is 2.04 bits per heavy atom. The summed E-state index contributed by atoms with van der Waals surface area (Å²) in [5, 5.41) is 7.36. The minimum Gasteiger partial charge on any atom is -0.364 e. The van der Waals surface area contributed by atoms with E-state index in [2.05, 4.69) is 35.2 Å². The standard InChI is InChI=1S/C16H23N7O.HI/c1-13-18-5-3-14(20-13)11-19-16(17-2)23-8-6-22(7-9-23)12-15-4-10-24-21-15;/h3-5,10H,6-9,11-12H2,1-2H3,(H,17,19);1H. The zero-order valence-electron chi connectivity index (χ0n) is 14.6. The van der Waals surface area contributed by atoms with Crippen molar-refractivity contribution in [2.45, 2.75) is 20.0 Å². The van der Waals surface area contributed by atoms with Crippen molar-refractivity contribution in [2.24, 2.45) is 4.99 Å². The van der Waals surface area contributed by atoms with Crippen LogP contribution in [0.5, 0.6) is 0 Å². The first-order valence-corrected chi connectivity index (χ1v) is 8.10. The summed E-state index contributed by atoms with van der Waals surface area (Å²) in [7, 11) is 1.81. The average Bonchev–Trinajstić information content (AvgIpc) is 3.10. The molecule has 1 N–H and O–H groups in total. The number of halogens is 1. The summed E-state index contributed by atoms with van der Waals surface area (Å²) < 4.78 is 4.89. The number of nitrogens with zero attached hydrogens (tertiary/aromatic N) is 6. The highest BCUT2D eigenvalue weighted by atomic mass is 127. The Morgan fingerprint density at radius 3 is 2.68 bits per heavy atom. The maximum Gasteiger partial charge on any atom is 0.194 e. The largest absolute Gasteiger partial charge is 0.364 e. The second-order valence-electron chi connectivity index (χ2n) is 5.75. The fourth-order valence-electron chi connectivity index (χ4n) is 2.77. The lowest BCUT2D eigenvalue weighted by atomic mass is 10.3. The fourth-order valence-corrected chi connectivity index (χ4v) is 2.77. The smallest absolute Gasteiger partial charge is 0.194 e. The van der Waals surface area contributed by atoms with Gasteiger partial charge in [-0.15, -0.1) is 24.0 Å². The molecule has 0 saturated carbocycles. The summed E-state index contributed by atoms with van der Waals surface area (Å²) >= 11 is 0. The predicted octanol–water partition coefficient (Wildman–Crippen LogP) is 1.28. The number of aryl methyl sites for hydroxylation is 1. The van der Waals surface area contributed by atoms with E-state index in [4.69, 9.17) is 4.52 Å². The minimum atomic E-state index is 0. The first-order chi connectivity index (χ1) is 11.7. The van der Waals surface area contributed by atoms with Gasteiger partial charge < -0.3 is 14.7 Å². The van der Waals surface area contributed by atoms with Crippen LogP contribution < -0.4 is 5.32 Å². The number of guanidine groups is 1. The molecule has 2 aromatic rings. The first kappa shape index (κ1) is 19.6. The molecule has 2 aromatic heterocycles. The summed E-state index contributed by atoms with van der Waals surface area (Å²) in [4.78, 5) is 17.6. The van der Waals surface area contributed by atoms with E-state index in [1.165, 1.54) is 0 Å². The van der Waals surface area contributed by atoms with Crippen LogP contribution in [0.25, 0.3) is 0 Å². The molecular formula is C16H24IN7O. The molecule has 1 saturated heterocycles. The number of hydrogen-bond acceptors (Lipinski definition) is 6. The maximum absolute atomic E-state index is 4.89. The van der Waals surface area contributed by atoms with Gasteiger partial charge in [0.25, 0.3) is 0 Å². The monoisotopic (exact) mass is 457 g/mol. The van der Waals surface area contributed by atoms with Gasteiger partial charge in [-0.25, -0.2) is 9.97 Å². The lowest BCUT2D eigenvalue weighted by Gasteiger charge is -2.36. The molecule has 1 aliphatic heterocycles. The molecule has 0 unspecified atom stereocenters. The number of aromatic nitrogens is 3. The second-order valence-corrected chi connectivity index (χ2v) is 5.75. The van der Waals surface area contributed by atoms with Crippen LogP contribution in [-0.4, -0.2) is 64.1 Å². The Hall–Kier alpha value is -1.75. The molecule has 0 aromatic carbocycles. The van der Waals surface area contributed by atoms with Crippen LogP contribution in [0.1, 0.15) is 17.2 Å². The van der Waals surface area contributed by atoms with E-state index in [9.17, 15) is 0 Å². The molecule has 0 amide bonds. The summed E-state index contributed by atoms with van der Waals surface area (Å²) in [6.07, 6.45) is 3.40. The number of hydrogen-bond donors (Lipinski definition) is 1. The highest BCUT2D eigenvalue weighted by Gasteiger charge is 2.20. The maximum atomic E-state index is 4.89. The van der Waals surface area contributed by atoms with E-state index in [0.29, 0.717) is 6.54 Å². The van der Waals surface area contributed by atoms with Crippen LogP contribution in [0.3, 0.4) is 0 Å². The normalized spacial score (nSPS) is 15.8. The van der Waals surface area contributed by atoms with Crippen molar-refractivity contribution in [3.8, 4) is 0 Å². The van der Waals surface area contributed by atoms with E-state index >= 15 is 0 Å². The van der Waals surface area contributed by atoms with Gasteiger partial charge in [0.2, 0.25) is 0 Å². The Kier molecular flexibility index (Phi) is 7.56. The number of rotatable bonds is 4. The van der Waals surface area contributed by atoms with Gasteiger partial charge in [-0.1, -0.05) is 5.16 Å². The van der Waals surface area contributed by atoms with Crippen molar-refractivity contribution in [2.75, 3.05) is 33.2 Å². The average molecular weight is 457 g/mol. The van der Waals surface area contributed by atoms with E-state index in [1.807, 2.05) is 26.1 Å². The predicted molar refractivity (Wildman–Crippen MR) is 106 cm³/mol. The Balaban J connectivity index is 0.00000225. The zero-order valence-corrected chi connectivity index (χ0v) is 16.9. The first-order valence-electron chi connectivity index (χ1n) is 8.10. The van der Waals surface area contributed by atoms with Gasteiger partial charge >= 0.3 is 0 Å². The van der Waals surface area contributed by atoms with E-state index in [0.717, 1.165) is 55.9 Å². The molecule has 136 valence electrons. The van der Waals surface area contributed by atoms with Gasteiger partial charge in [0.1, 0.15) is 12.1 Å². The highest BCUT2D eigenvalue weighted by molar-refractivity contribution is 14.0. The molecule has 3 heterocycles. The van der Waals surface area contributed by atoms with Gasteiger partial charge in [-0.3, -0.25) is 9.89 Å². The van der Waals surface area contributed by atoms with Crippen LogP contribution in [0, 0.1) is 6.92 Å². The van der Waals surface area contributed by atoms with Gasteiger partial charge in [0.15, 0.2) is 5.96 Å². The molecule has 0 bridgehead atoms. The molecule has 9 heteroatoms. The summed E-state index contributed by atoms with van der Waals surface area (Å²) in [5.74, 6) is 1.69. The molecule has 0 aliphatic carbocycles. The van der Waals surface area contributed by atoms with Crippen LogP contribution in [0.15, 0.2) is 34.1 Å². The van der Waals surface area contributed by atoms with Crippen LogP contribution in [0.2, 0.25) is 0 Å². The van der Waals surface area contributed by atoms with Crippen LogP contribution in [0.4, 0.5) is 0 Å². The molecule has 1 aliphatic rings. The third kappa shape index (κ3) is 5.63. The van der Waals surface area contributed by atoms with Crippen molar-refractivity contribution in [3.63, 3.8) is 0 Å². The quantitative estimate of drug-likeness (QED) is 0.421. The van der Waals surface area contributed by atoms with Crippen molar-refractivity contribution < 1.29 is 4.52 Å². The van der Waals surface area contributed by atoms with E-state index in [-0.39, 0.29) is 24.0 Å². The summed E-state index contributed by atoms with van der Waals surface area (Å²) in [5.41, 5.74) is 1.94. The second kappa shape index (κ2) is 9.66. The molecule has 25 heavy (non-hydrogen) atoms. The lowest BCUT2D eigenvalue weighted by Crippen LogP contribution is -2.52. The third-order valence-electron chi connectivity index (χ3n) is 4.02. The van der Waals surface area contributed by atoms with Crippen molar-refractivity contribution in [3.05, 3.63) is 41.8 Å². The van der Waals surface area contributed by atoms with Gasteiger partial charge in [0, 0.05) is 52.0 Å². The highest BCUT2D eigenvalue weighted by Crippen LogP contribution is 2.07. The number of nitrogens with one attached hydrogen (secondary N) is 1. The van der Waals surface area contributed by atoms with Gasteiger partial charge in [-0.05, 0) is 13.0 Å². The Morgan fingerprint density at radius 1 is 1.24 bits per heavy atom. The zero-order chi connectivity index (χ0) is 16.8. The summed E-state index contributed by atoms with van der Waals surface area (Å²) in [6.45, 7) is 7.18. The van der Waals surface area contributed by atoms with E-state index in [1.54, 1.807) is 12.5 Å². The topological polar surface area (TPSA) is 82.7 Å². The molecule has 8 nitrogen and oxygen atoms in total. The van der Waals surface area contributed by atoms with Crippen molar-refractivity contribution in [1.82, 2.24) is 30.2 Å². The van der Waals surface area contributed by atoms with E-state index < -0.39 is 0 Å². The molecule has 0 spiro atoms. The lowest BCUT2D eigenvalue weighted by molar-refractivity contribution is 0.169. The third-order valence-corrected chi connectivity index (χ3v) is 4.02.